The molecule has 0 radical (unpaired) electrons. The van der Waals surface area contributed by atoms with E-state index in [1.54, 1.807) is 10.9 Å². The minimum absolute atomic E-state index is 0.0333. The van der Waals surface area contributed by atoms with Gasteiger partial charge in [0.1, 0.15) is 29.7 Å². The highest BCUT2D eigenvalue weighted by Gasteiger charge is 2.14. The first kappa shape index (κ1) is 22.2. The van der Waals surface area contributed by atoms with E-state index in [-0.39, 0.29) is 12.2 Å². The number of nitrogens with one attached hydrogen (secondary N) is 1. The summed E-state index contributed by atoms with van der Waals surface area (Å²) in [4.78, 5) is 4.32. The molecule has 0 bridgehead atoms. The van der Waals surface area contributed by atoms with Gasteiger partial charge < -0.3 is 10.1 Å². The molecule has 0 aliphatic carbocycles. The number of ether oxygens (including phenoxy) is 1. The SMILES string of the molecule is C=C(Cc1ccccn1)Nc1cc(C)n(-c2cc(C)ccc2OCc2ccc(F)cc2F)n1. The maximum Gasteiger partial charge on any atom is 0.152 e. The zero-order chi connectivity index (χ0) is 23.4. The summed E-state index contributed by atoms with van der Waals surface area (Å²) in [5, 5.41) is 7.90. The number of hydrogen-bond acceptors (Lipinski definition) is 4. The lowest BCUT2D eigenvalue weighted by atomic mass is 10.2. The Kier molecular flexibility index (Phi) is 6.49. The van der Waals surface area contributed by atoms with Gasteiger partial charge in [0.25, 0.3) is 0 Å². The van der Waals surface area contributed by atoms with Crippen LogP contribution in [0.25, 0.3) is 5.69 Å². The summed E-state index contributed by atoms with van der Waals surface area (Å²) in [6.45, 7) is 7.95. The van der Waals surface area contributed by atoms with E-state index in [1.165, 1.54) is 12.1 Å². The zero-order valence-electron chi connectivity index (χ0n) is 18.5. The second-order valence-electron chi connectivity index (χ2n) is 7.80. The van der Waals surface area contributed by atoms with Crippen molar-refractivity contribution in [3.05, 3.63) is 113 Å². The van der Waals surface area contributed by atoms with Gasteiger partial charge in [-0.1, -0.05) is 18.7 Å². The smallest absolute Gasteiger partial charge is 0.152 e. The number of hydrogen-bond donors (Lipinski definition) is 1. The Morgan fingerprint density at radius 3 is 2.67 bits per heavy atom. The molecule has 1 N–H and O–H groups in total. The molecule has 168 valence electrons. The highest BCUT2D eigenvalue weighted by Crippen LogP contribution is 2.28. The van der Waals surface area contributed by atoms with Gasteiger partial charge in [-0.15, -0.1) is 5.10 Å². The molecule has 2 aromatic carbocycles. The van der Waals surface area contributed by atoms with Crippen molar-refractivity contribution in [3.8, 4) is 11.4 Å². The third kappa shape index (κ3) is 5.44. The van der Waals surface area contributed by atoms with Crippen molar-refractivity contribution >= 4 is 5.82 Å². The van der Waals surface area contributed by atoms with Crippen molar-refractivity contribution in [2.45, 2.75) is 26.9 Å². The lowest BCUT2D eigenvalue weighted by Crippen LogP contribution is -2.07. The maximum absolute atomic E-state index is 14.0. The van der Waals surface area contributed by atoms with Gasteiger partial charge in [-0.05, 0) is 55.8 Å². The lowest BCUT2D eigenvalue weighted by Gasteiger charge is -2.14. The van der Waals surface area contributed by atoms with Crippen molar-refractivity contribution in [2.75, 3.05) is 5.32 Å². The second kappa shape index (κ2) is 9.65. The molecule has 5 nitrogen and oxygen atoms in total. The Hall–Kier alpha value is -4.00. The van der Waals surface area contributed by atoms with Crippen molar-refractivity contribution in [1.29, 1.82) is 0 Å². The number of nitrogens with zero attached hydrogens (tertiary/aromatic N) is 3. The molecule has 2 heterocycles. The van der Waals surface area contributed by atoms with Crippen LogP contribution in [0.15, 0.2) is 79.1 Å². The zero-order valence-corrected chi connectivity index (χ0v) is 18.5. The molecule has 0 atom stereocenters. The monoisotopic (exact) mass is 446 g/mol. The van der Waals surface area contributed by atoms with Crippen molar-refractivity contribution < 1.29 is 13.5 Å². The Labute approximate surface area is 191 Å². The van der Waals surface area contributed by atoms with Crippen LogP contribution < -0.4 is 10.1 Å². The standard InChI is InChI=1S/C26H24F2N4O/c1-17-7-10-25(33-16-20-8-9-21(27)15-23(20)28)24(12-17)32-19(3)14-26(31-32)30-18(2)13-22-6-4-5-11-29-22/h4-12,14-15H,2,13,16H2,1,3H3,(H,30,31). The summed E-state index contributed by atoms with van der Waals surface area (Å²) in [7, 11) is 0. The van der Waals surface area contributed by atoms with E-state index in [0.717, 1.165) is 34.4 Å². The predicted octanol–water partition coefficient (Wildman–Crippen LogP) is 5.91. The third-order valence-corrected chi connectivity index (χ3v) is 5.05. The number of pyridine rings is 1. The molecule has 0 saturated carbocycles. The fraction of sp³-hybridized carbons (Fsp3) is 0.154. The van der Waals surface area contributed by atoms with E-state index in [0.29, 0.717) is 18.0 Å². The molecule has 0 fully saturated rings. The molecule has 4 aromatic rings. The average Bonchev–Trinajstić information content (AvgIpc) is 3.14. The molecule has 7 heteroatoms. The van der Waals surface area contributed by atoms with Gasteiger partial charge in [0.05, 0.1) is 0 Å². The molecule has 0 unspecified atom stereocenters. The number of allylic oxidation sites excluding steroid dienone is 1. The lowest BCUT2D eigenvalue weighted by molar-refractivity contribution is 0.298. The Morgan fingerprint density at radius 1 is 1.06 bits per heavy atom. The first-order valence-corrected chi connectivity index (χ1v) is 10.5. The summed E-state index contributed by atoms with van der Waals surface area (Å²) in [5.74, 6) is -0.0826. The number of aromatic nitrogens is 3. The fourth-order valence-corrected chi connectivity index (χ4v) is 3.44. The van der Waals surface area contributed by atoms with Crippen LogP contribution in [0.4, 0.5) is 14.6 Å². The van der Waals surface area contributed by atoms with Crippen LogP contribution in [0.3, 0.4) is 0 Å². The van der Waals surface area contributed by atoms with Crippen LogP contribution >= 0.6 is 0 Å². The summed E-state index contributed by atoms with van der Waals surface area (Å²) >= 11 is 0. The highest BCUT2D eigenvalue weighted by atomic mass is 19.1. The number of benzene rings is 2. The number of anilines is 1. The molecular weight excluding hydrogens is 422 g/mol. The Balaban J connectivity index is 1.54. The molecule has 0 spiro atoms. The van der Waals surface area contributed by atoms with Crippen LogP contribution in [0.1, 0.15) is 22.5 Å². The second-order valence-corrected chi connectivity index (χ2v) is 7.80. The molecule has 0 amide bonds. The number of aryl methyl sites for hydroxylation is 2. The third-order valence-electron chi connectivity index (χ3n) is 5.05. The largest absolute Gasteiger partial charge is 0.487 e. The molecule has 2 aromatic heterocycles. The molecule has 33 heavy (non-hydrogen) atoms. The predicted molar refractivity (Wildman–Crippen MR) is 124 cm³/mol. The number of halogens is 2. The van der Waals surface area contributed by atoms with Crippen LogP contribution in [0.5, 0.6) is 5.75 Å². The van der Waals surface area contributed by atoms with Gasteiger partial charge in [0.15, 0.2) is 5.82 Å². The quantitative estimate of drug-likeness (QED) is 0.366. The summed E-state index contributed by atoms with van der Waals surface area (Å²) in [6.07, 6.45) is 2.33. The first-order valence-electron chi connectivity index (χ1n) is 10.5. The van der Waals surface area contributed by atoms with Crippen LogP contribution in [-0.2, 0) is 13.0 Å². The number of rotatable bonds is 8. The molecule has 0 saturated heterocycles. The maximum atomic E-state index is 14.0. The molecule has 4 rings (SSSR count). The highest BCUT2D eigenvalue weighted by molar-refractivity contribution is 5.52. The van der Waals surface area contributed by atoms with Crippen LogP contribution in [-0.4, -0.2) is 14.8 Å². The summed E-state index contributed by atoms with van der Waals surface area (Å²) < 4.78 is 34.9. The van der Waals surface area contributed by atoms with Gasteiger partial charge in [0, 0.05) is 47.4 Å². The Bertz CT molecular complexity index is 1280. The topological polar surface area (TPSA) is 52.0 Å². The van der Waals surface area contributed by atoms with E-state index in [9.17, 15) is 8.78 Å². The van der Waals surface area contributed by atoms with E-state index in [1.807, 2.05) is 56.3 Å². The van der Waals surface area contributed by atoms with Gasteiger partial charge in [0.2, 0.25) is 0 Å². The minimum Gasteiger partial charge on any atom is -0.487 e. The normalized spacial score (nSPS) is 10.8. The van der Waals surface area contributed by atoms with Crippen molar-refractivity contribution in [2.24, 2.45) is 0 Å². The van der Waals surface area contributed by atoms with E-state index in [2.05, 4.69) is 22.0 Å². The summed E-state index contributed by atoms with van der Waals surface area (Å²) in [5.41, 5.74) is 4.58. The minimum atomic E-state index is -0.642. The van der Waals surface area contributed by atoms with Crippen molar-refractivity contribution in [1.82, 2.24) is 14.8 Å². The van der Waals surface area contributed by atoms with E-state index >= 15 is 0 Å². The molecule has 0 aliphatic heterocycles. The van der Waals surface area contributed by atoms with E-state index < -0.39 is 11.6 Å². The van der Waals surface area contributed by atoms with Gasteiger partial charge in [-0.25, -0.2) is 13.5 Å². The van der Waals surface area contributed by atoms with Gasteiger partial charge in [-0.3, -0.25) is 4.98 Å². The van der Waals surface area contributed by atoms with Crippen molar-refractivity contribution in [3.63, 3.8) is 0 Å². The molecular formula is C26H24F2N4O. The Morgan fingerprint density at radius 2 is 1.91 bits per heavy atom. The molecule has 0 aliphatic rings. The van der Waals surface area contributed by atoms with Gasteiger partial charge >= 0.3 is 0 Å². The first-order chi connectivity index (χ1) is 15.9. The fourth-order valence-electron chi connectivity index (χ4n) is 3.44. The summed E-state index contributed by atoms with van der Waals surface area (Å²) in [6, 6.07) is 16.8. The average molecular weight is 447 g/mol. The van der Waals surface area contributed by atoms with E-state index in [4.69, 9.17) is 4.74 Å². The van der Waals surface area contributed by atoms with Crippen LogP contribution in [0, 0.1) is 25.5 Å². The van der Waals surface area contributed by atoms with Gasteiger partial charge in [-0.2, -0.15) is 0 Å². The van der Waals surface area contributed by atoms with Crippen LogP contribution in [0.2, 0.25) is 0 Å².